The maximum absolute atomic E-state index is 10.0. The Morgan fingerprint density at radius 2 is 1.90 bits per heavy atom. The van der Waals surface area contributed by atoms with Gasteiger partial charge in [0.15, 0.2) is 11.5 Å². The zero-order chi connectivity index (χ0) is 14.4. The van der Waals surface area contributed by atoms with Crippen molar-refractivity contribution in [2.45, 2.75) is 12.6 Å². The van der Waals surface area contributed by atoms with E-state index >= 15 is 0 Å². The highest BCUT2D eigenvalue weighted by Gasteiger charge is 2.07. The average molecular weight is 273 g/mol. The lowest BCUT2D eigenvalue weighted by atomic mass is 10.1. The lowest BCUT2D eigenvalue weighted by Crippen LogP contribution is -2.21. The van der Waals surface area contributed by atoms with Crippen LogP contribution in [-0.2, 0) is 6.54 Å². The van der Waals surface area contributed by atoms with E-state index in [1.807, 2.05) is 36.4 Å². The van der Waals surface area contributed by atoms with Crippen LogP contribution in [0.1, 0.15) is 17.2 Å². The predicted octanol–water partition coefficient (Wildman–Crippen LogP) is 2.22. The molecule has 2 aromatic rings. The Hall–Kier alpha value is -2.04. The first-order valence-electron chi connectivity index (χ1n) is 6.50. The van der Waals surface area contributed by atoms with Crippen molar-refractivity contribution >= 4 is 0 Å². The molecule has 0 radical (unpaired) electrons. The van der Waals surface area contributed by atoms with Crippen LogP contribution >= 0.6 is 0 Å². The Labute approximate surface area is 118 Å². The van der Waals surface area contributed by atoms with Crippen molar-refractivity contribution in [3.63, 3.8) is 0 Å². The molecular weight excluding hydrogens is 254 g/mol. The quantitative estimate of drug-likeness (QED) is 0.755. The Morgan fingerprint density at radius 3 is 2.55 bits per heavy atom. The molecule has 3 N–H and O–H groups in total. The van der Waals surface area contributed by atoms with Gasteiger partial charge < -0.3 is 20.3 Å². The van der Waals surface area contributed by atoms with Gasteiger partial charge in [0.1, 0.15) is 0 Å². The van der Waals surface area contributed by atoms with Crippen LogP contribution < -0.4 is 10.1 Å². The fraction of sp³-hybridized carbons (Fsp3) is 0.250. The molecular formula is C16H19NO3. The number of aromatic hydroxyl groups is 1. The van der Waals surface area contributed by atoms with Crippen molar-refractivity contribution in [2.24, 2.45) is 0 Å². The molecule has 4 heteroatoms. The van der Waals surface area contributed by atoms with Crippen LogP contribution in [0, 0.1) is 0 Å². The molecule has 1 atom stereocenters. The first-order chi connectivity index (χ1) is 9.70. The van der Waals surface area contributed by atoms with Gasteiger partial charge in [0.05, 0.1) is 13.2 Å². The fourth-order valence-electron chi connectivity index (χ4n) is 1.99. The zero-order valence-corrected chi connectivity index (χ0v) is 11.4. The highest BCUT2D eigenvalue weighted by molar-refractivity contribution is 5.41. The Balaban J connectivity index is 1.85. The van der Waals surface area contributed by atoms with Gasteiger partial charge in [-0.3, -0.25) is 0 Å². The molecule has 0 fully saturated rings. The van der Waals surface area contributed by atoms with E-state index in [0.29, 0.717) is 18.8 Å². The molecule has 0 aliphatic carbocycles. The SMILES string of the molecule is COc1ccc(CNC[C@@H](O)c2ccccc2)cc1O. The van der Waals surface area contributed by atoms with Crippen molar-refractivity contribution in [1.29, 1.82) is 0 Å². The van der Waals surface area contributed by atoms with Gasteiger partial charge in [-0.1, -0.05) is 36.4 Å². The van der Waals surface area contributed by atoms with Crippen LogP contribution in [0.25, 0.3) is 0 Å². The van der Waals surface area contributed by atoms with Crippen LogP contribution in [0.5, 0.6) is 11.5 Å². The second-order valence-electron chi connectivity index (χ2n) is 4.56. The minimum Gasteiger partial charge on any atom is -0.504 e. The molecule has 4 nitrogen and oxygen atoms in total. The number of phenols is 1. The lowest BCUT2D eigenvalue weighted by molar-refractivity contribution is 0.174. The van der Waals surface area contributed by atoms with Crippen LogP contribution in [-0.4, -0.2) is 23.9 Å². The van der Waals surface area contributed by atoms with Crippen molar-refractivity contribution in [1.82, 2.24) is 5.32 Å². The predicted molar refractivity (Wildman–Crippen MR) is 77.8 cm³/mol. The molecule has 106 valence electrons. The standard InChI is InChI=1S/C16H19NO3/c1-20-16-8-7-12(9-14(16)18)10-17-11-15(19)13-5-3-2-4-6-13/h2-9,15,17-19H,10-11H2,1H3/t15-/m1/s1. The van der Waals surface area contributed by atoms with E-state index in [2.05, 4.69) is 5.32 Å². The maximum Gasteiger partial charge on any atom is 0.160 e. The van der Waals surface area contributed by atoms with E-state index < -0.39 is 6.10 Å². The topological polar surface area (TPSA) is 61.7 Å². The molecule has 0 aromatic heterocycles. The van der Waals surface area contributed by atoms with Crippen LogP contribution in [0.3, 0.4) is 0 Å². The molecule has 0 amide bonds. The van der Waals surface area contributed by atoms with E-state index in [1.165, 1.54) is 7.11 Å². The maximum atomic E-state index is 10.0. The number of phenolic OH excluding ortho intramolecular Hbond substituents is 1. The molecule has 0 unspecified atom stereocenters. The number of methoxy groups -OCH3 is 1. The molecule has 2 aromatic carbocycles. The number of rotatable bonds is 6. The monoisotopic (exact) mass is 273 g/mol. The number of hydrogen-bond donors (Lipinski definition) is 3. The Kier molecular flexibility index (Phi) is 4.98. The number of nitrogens with one attached hydrogen (secondary N) is 1. The number of aliphatic hydroxyl groups excluding tert-OH is 1. The molecule has 0 aliphatic heterocycles. The summed E-state index contributed by atoms with van der Waals surface area (Å²) in [5, 5.41) is 22.8. The molecule has 0 saturated heterocycles. The third-order valence-electron chi connectivity index (χ3n) is 3.09. The van der Waals surface area contributed by atoms with Crippen LogP contribution in [0.15, 0.2) is 48.5 Å². The smallest absolute Gasteiger partial charge is 0.160 e. The fourth-order valence-corrected chi connectivity index (χ4v) is 1.99. The normalized spacial score (nSPS) is 12.1. The third kappa shape index (κ3) is 3.73. The van der Waals surface area contributed by atoms with Crippen molar-refractivity contribution < 1.29 is 14.9 Å². The molecule has 0 aliphatic rings. The summed E-state index contributed by atoms with van der Waals surface area (Å²) in [4.78, 5) is 0. The van der Waals surface area contributed by atoms with Crippen molar-refractivity contribution in [3.8, 4) is 11.5 Å². The second-order valence-corrected chi connectivity index (χ2v) is 4.56. The van der Waals surface area contributed by atoms with Crippen molar-refractivity contribution in [2.75, 3.05) is 13.7 Å². The van der Waals surface area contributed by atoms with E-state index in [0.717, 1.165) is 11.1 Å². The average Bonchev–Trinajstić information content (AvgIpc) is 2.48. The zero-order valence-electron chi connectivity index (χ0n) is 11.4. The third-order valence-corrected chi connectivity index (χ3v) is 3.09. The van der Waals surface area contributed by atoms with Crippen molar-refractivity contribution in [3.05, 3.63) is 59.7 Å². The van der Waals surface area contributed by atoms with E-state index in [4.69, 9.17) is 4.74 Å². The summed E-state index contributed by atoms with van der Waals surface area (Å²) in [5.74, 6) is 0.577. The first kappa shape index (κ1) is 14.4. The van der Waals surface area contributed by atoms with Gasteiger partial charge in [-0.2, -0.15) is 0 Å². The Bertz CT molecular complexity index is 543. The number of ether oxygens (including phenoxy) is 1. The minimum absolute atomic E-state index is 0.121. The number of aliphatic hydroxyl groups is 1. The molecule has 0 bridgehead atoms. The number of benzene rings is 2. The molecule has 2 rings (SSSR count). The summed E-state index contributed by atoms with van der Waals surface area (Å²) in [6.45, 7) is 1.03. The summed E-state index contributed by atoms with van der Waals surface area (Å²) in [6, 6.07) is 14.8. The van der Waals surface area contributed by atoms with E-state index in [1.54, 1.807) is 12.1 Å². The largest absolute Gasteiger partial charge is 0.504 e. The second kappa shape index (κ2) is 6.93. The lowest BCUT2D eigenvalue weighted by Gasteiger charge is -2.12. The Morgan fingerprint density at radius 1 is 1.15 bits per heavy atom. The van der Waals surface area contributed by atoms with Gasteiger partial charge in [0, 0.05) is 13.1 Å². The van der Waals surface area contributed by atoms with Gasteiger partial charge in [0.25, 0.3) is 0 Å². The van der Waals surface area contributed by atoms with Gasteiger partial charge in [-0.25, -0.2) is 0 Å². The molecule has 0 saturated carbocycles. The van der Waals surface area contributed by atoms with Gasteiger partial charge in [-0.15, -0.1) is 0 Å². The number of hydrogen-bond acceptors (Lipinski definition) is 4. The molecule has 0 spiro atoms. The summed E-state index contributed by atoms with van der Waals surface area (Å²) in [5.41, 5.74) is 1.82. The summed E-state index contributed by atoms with van der Waals surface area (Å²) >= 11 is 0. The summed E-state index contributed by atoms with van der Waals surface area (Å²) in [6.07, 6.45) is -0.539. The van der Waals surface area contributed by atoms with Gasteiger partial charge in [0.2, 0.25) is 0 Å². The minimum atomic E-state index is -0.539. The highest BCUT2D eigenvalue weighted by atomic mass is 16.5. The first-order valence-corrected chi connectivity index (χ1v) is 6.50. The molecule has 0 heterocycles. The summed E-state index contributed by atoms with van der Waals surface area (Å²) in [7, 11) is 1.52. The van der Waals surface area contributed by atoms with Gasteiger partial charge >= 0.3 is 0 Å². The van der Waals surface area contributed by atoms with E-state index in [-0.39, 0.29) is 5.75 Å². The summed E-state index contributed by atoms with van der Waals surface area (Å²) < 4.78 is 4.99. The van der Waals surface area contributed by atoms with Gasteiger partial charge in [-0.05, 0) is 23.3 Å². The highest BCUT2D eigenvalue weighted by Crippen LogP contribution is 2.26. The molecule has 20 heavy (non-hydrogen) atoms. The van der Waals surface area contributed by atoms with E-state index in [9.17, 15) is 10.2 Å². The van der Waals surface area contributed by atoms with Crippen LogP contribution in [0.2, 0.25) is 0 Å². The van der Waals surface area contributed by atoms with Crippen LogP contribution in [0.4, 0.5) is 0 Å².